The normalized spacial score (nSPS) is 15.0. The summed E-state index contributed by atoms with van der Waals surface area (Å²) in [7, 11) is 2.09. The van der Waals surface area contributed by atoms with Gasteiger partial charge >= 0.3 is 5.97 Å². The molecule has 5 nitrogen and oxygen atoms in total. The first-order valence-electron chi connectivity index (χ1n) is 9.56. The van der Waals surface area contributed by atoms with Crippen molar-refractivity contribution in [1.82, 2.24) is 4.98 Å². The van der Waals surface area contributed by atoms with Crippen molar-refractivity contribution in [1.29, 1.82) is 0 Å². The van der Waals surface area contributed by atoms with Crippen LogP contribution in [0.2, 0.25) is 0 Å². The number of fused-ring (bicyclic) bond motifs is 1. The number of benzene rings is 2. The van der Waals surface area contributed by atoms with E-state index < -0.39 is 5.97 Å². The third-order valence-electron chi connectivity index (χ3n) is 5.52. The lowest BCUT2D eigenvalue weighted by Gasteiger charge is -2.21. The zero-order chi connectivity index (χ0) is 20.4. The number of hydrogen-bond donors (Lipinski definition) is 2. The van der Waals surface area contributed by atoms with Crippen molar-refractivity contribution < 1.29 is 9.90 Å². The van der Waals surface area contributed by atoms with Crippen molar-refractivity contribution in [3.8, 4) is 0 Å². The van der Waals surface area contributed by atoms with Gasteiger partial charge in [-0.2, -0.15) is 0 Å². The van der Waals surface area contributed by atoms with Gasteiger partial charge in [-0.25, -0.2) is 4.79 Å². The molecule has 1 aromatic heterocycles. The lowest BCUT2D eigenvalue weighted by Crippen LogP contribution is -2.13. The molecule has 2 aromatic carbocycles. The Hall–Kier alpha value is -2.61. The third kappa shape index (κ3) is 4.22. The van der Waals surface area contributed by atoms with Gasteiger partial charge in [0.15, 0.2) is 0 Å². The summed E-state index contributed by atoms with van der Waals surface area (Å²) in [5.74, 6) is -0.575. The predicted octanol–water partition coefficient (Wildman–Crippen LogP) is 5.29. The van der Waals surface area contributed by atoms with Gasteiger partial charge in [-0.15, -0.1) is 0 Å². The second kappa shape index (κ2) is 8.41. The Labute approximate surface area is 183 Å². The van der Waals surface area contributed by atoms with Crippen molar-refractivity contribution in [3.63, 3.8) is 0 Å². The van der Waals surface area contributed by atoms with E-state index in [4.69, 9.17) is 0 Å². The highest BCUT2D eigenvalue weighted by Gasteiger charge is 2.23. The number of rotatable bonds is 6. The molecule has 0 saturated carbocycles. The van der Waals surface area contributed by atoms with E-state index in [0.717, 1.165) is 12.8 Å². The van der Waals surface area contributed by atoms with Gasteiger partial charge in [0.05, 0.1) is 17.4 Å². The van der Waals surface area contributed by atoms with Gasteiger partial charge in [0.25, 0.3) is 0 Å². The molecule has 1 aliphatic carbocycles. The number of anilines is 3. The Kier molecular flexibility index (Phi) is 5.71. The summed E-state index contributed by atoms with van der Waals surface area (Å²) in [6, 6.07) is 16.7. The van der Waals surface area contributed by atoms with E-state index in [2.05, 4.69) is 87.3 Å². The molecule has 0 unspecified atom stereocenters. The molecule has 0 fully saturated rings. The molecule has 0 bridgehead atoms. The second-order valence-electron chi connectivity index (χ2n) is 7.26. The molecule has 1 heterocycles. The number of nitrogens with one attached hydrogen (secondary N) is 1. The zero-order valence-corrected chi connectivity index (χ0v) is 18.3. The molecular weight excluding hydrogens is 477 g/mol. The smallest absolute Gasteiger partial charge is 0.337 e. The molecule has 0 aliphatic heterocycles. The van der Waals surface area contributed by atoms with E-state index in [-0.39, 0.29) is 5.56 Å². The average Bonchev–Trinajstić information content (AvgIpc) is 3.14. The lowest BCUT2D eigenvalue weighted by molar-refractivity contribution is 0.0698. The van der Waals surface area contributed by atoms with Crippen LogP contribution in [0.15, 0.2) is 60.9 Å². The zero-order valence-electron chi connectivity index (χ0n) is 16.1. The van der Waals surface area contributed by atoms with Crippen LogP contribution in [-0.4, -0.2) is 29.7 Å². The molecule has 29 heavy (non-hydrogen) atoms. The van der Waals surface area contributed by atoms with Gasteiger partial charge in [0.1, 0.15) is 0 Å². The number of carboxylic acids is 1. The molecule has 6 heteroatoms. The maximum Gasteiger partial charge on any atom is 0.337 e. The van der Waals surface area contributed by atoms with Crippen molar-refractivity contribution in [2.45, 2.75) is 18.8 Å². The molecule has 1 aliphatic rings. The standard InChI is InChI=1S/C23H22IN3O2/c1-27(18-6-4-17(24)5-7-18)19-8-9-20-15(12-19)2-3-16(20)13-26-22-14-25-11-10-21(22)23(28)29/h4-12,14,16,26H,2-3,13H2,1H3,(H,28,29)/t16-/m0/s1. The Bertz CT molecular complexity index is 1040. The third-order valence-corrected chi connectivity index (χ3v) is 6.24. The number of halogens is 1. The molecule has 0 radical (unpaired) electrons. The number of pyridine rings is 1. The van der Waals surface area contributed by atoms with E-state index in [9.17, 15) is 9.90 Å². The van der Waals surface area contributed by atoms with E-state index in [1.54, 1.807) is 6.20 Å². The van der Waals surface area contributed by atoms with Gasteiger partial charge in [-0.1, -0.05) is 6.07 Å². The number of aryl methyl sites for hydroxylation is 1. The second-order valence-corrected chi connectivity index (χ2v) is 8.51. The molecule has 148 valence electrons. The molecule has 0 saturated heterocycles. The Morgan fingerprint density at radius 2 is 1.97 bits per heavy atom. The summed E-state index contributed by atoms with van der Waals surface area (Å²) in [6.07, 6.45) is 5.18. The minimum atomic E-state index is -0.940. The number of aromatic nitrogens is 1. The number of nitrogens with zero attached hydrogens (tertiary/aromatic N) is 2. The van der Waals surface area contributed by atoms with Crippen molar-refractivity contribution in [2.24, 2.45) is 0 Å². The van der Waals surface area contributed by atoms with Crippen LogP contribution in [0.25, 0.3) is 0 Å². The van der Waals surface area contributed by atoms with Crippen LogP contribution in [0, 0.1) is 3.57 Å². The summed E-state index contributed by atoms with van der Waals surface area (Å²) >= 11 is 2.32. The molecule has 0 amide bonds. The van der Waals surface area contributed by atoms with E-state index in [1.165, 1.54) is 38.3 Å². The van der Waals surface area contributed by atoms with E-state index in [0.29, 0.717) is 18.2 Å². The number of carboxylic acid groups (broad SMARTS) is 1. The van der Waals surface area contributed by atoms with Crippen LogP contribution in [0.4, 0.5) is 17.1 Å². The topological polar surface area (TPSA) is 65.5 Å². The molecule has 4 rings (SSSR count). The Morgan fingerprint density at radius 3 is 2.72 bits per heavy atom. The van der Waals surface area contributed by atoms with Crippen LogP contribution >= 0.6 is 22.6 Å². The average molecular weight is 499 g/mol. The number of aromatic carboxylic acids is 1. The minimum Gasteiger partial charge on any atom is -0.478 e. The minimum absolute atomic E-state index is 0.257. The fraction of sp³-hybridized carbons (Fsp3) is 0.217. The fourth-order valence-corrected chi connectivity index (χ4v) is 4.24. The Morgan fingerprint density at radius 1 is 1.21 bits per heavy atom. The summed E-state index contributed by atoms with van der Waals surface area (Å²) in [6.45, 7) is 0.700. The SMILES string of the molecule is CN(c1ccc(I)cc1)c1ccc2c(c1)CC[C@H]2CNc1cnccc1C(=O)O. The van der Waals surface area contributed by atoms with Crippen molar-refractivity contribution in [3.05, 3.63) is 81.2 Å². The van der Waals surface area contributed by atoms with Crippen molar-refractivity contribution >= 4 is 45.6 Å². The quantitative estimate of drug-likeness (QED) is 0.451. The van der Waals surface area contributed by atoms with Crippen LogP contribution in [0.3, 0.4) is 0 Å². The van der Waals surface area contributed by atoms with Gasteiger partial charge in [-0.05, 0) is 89.0 Å². The molecular formula is C23H22IN3O2. The first-order chi connectivity index (χ1) is 14.0. The van der Waals surface area contributed by atoms with Crippen LogP contribution in [0.1, 0.15) is 33.8 Å². The maximum atomic E-state index is 11.4. The summed E-state index contributed by atoms with van der Waals surface area (Å²) in [5, 5.41) is 12.6. The highest BCUT2D eigenvalue weighted by molar-refractivity contribution is 14.1. The largest absolute Gasteiger partial charge is 0.478 e. The van der Waals surface area contributed by atoms with Gasteiger partial charge < -0.3 is 15.3 Å². The first-order valence-corrected chi connectivity index (χ1v) is 10.6. The maximum absolute atomic E-state index is 11.4. The fourth-order valence-electron chi connectivity index (χ4n) is 3.88. The highest BCUT2D eigenvalue weighted by atomic mass is 127. The van der Waals surface area contributed by atoms with Gasteiger partial charge in [0, 0.05) is 40.7 Å². The van der Waals surface area contributed by atoms with Gasteiger partial charge in [0.2, 0.25) is 0 Å². The van der Waals surface area contributed by atoms with Crippen LogP contribution in [0.5, 0.6) is 0 Å². The lowest BCUT2D eigenvalue weighted by atomic mass is 10.0. The Balaban J connectivity index is 1.49. The van der Waals surface area contributed by atoms with Crippen LogP contribution < -0.4 is 10.2 Å². The molecule has 3 aromatic rings. The van der Waals surface area contributed by atoms with Gasteiger partial charge in [-0.3, -0.25) is 4.98 Å². The summed E-state index contributed by atoms with van der Waals surface area (Å²) in [4.78, 5) is 17.6. The molecule has 2 N–H and O–H groups in total. The monoisotopic (exact) mass is 499 g/mol. The summed E-state index contributed by atoms with van der Waals surface area (Å²) < 4.78 is 1.23. The molecule has 0 spiro atoms. The van der Waals surface area contributed by atoms with Crippen molar-refractivity contribution in [2.75, 3.05) is 23.8 Å². The number of carbonyl (C=O) groups is 1. The van der Waals surface area contributed by atoms with E-state index >= 15 is 0 Å². The first kappa shape index (κ1) is 19.7. The predicted molar refractivity (Wildman–Crippen MR) is 124 cm³/mol. The molecule has 1 atom stereocenters. The highest BCUT2D eigenvalue weighted by Crippen LogP contribution is 2.37. The summed E-state index contributed by atoms with van der Waals surface area (Å²) in [5.41, 5.74) is 5.89. The number of hydrogen-bond acceptors (Lipinski definition) is 4. The van der Waals surface area contributed by atoms with E-state index in [1.807, 2.05) is 0 Å². The van der Waals surface area contributed by atoms with Crippen LogP contribution in [-0.2, 0) is 6.42 Å².